The van der Waals surface area contributed by atoms with Crippen LogP contribution in [0.4, 0.5) is 5.82 Å². The second-order valence-corrected chi connectivity index (χ2v) is 6.55. The van der Waals surface area contributed by atoms with E-state index in [-0.39, 0.29) is 18.3 Å². The highest BCUT2D eigenvalue weighted by atomic mass is 35.5. The zero-order chi connectivity index (χ0) is 17.2. The quantitative estimate of drug-likeness (QED) is 0.663. The Balaban J connectivity index is 0.00000196. The molecule has 0 spiro atoms. The predicted molar refractivity (Wildman–Crippen MR) is 95.4 cm³/mol. The number of halogens is 1. The summed E-state index contributed by atoms with van der Waals surface area (Å²) < 4.78 is 3.70. The average molecular weight is 372 g/mol. The zero-order valence-electron chi connectivity index (χ0n) is 14.7. The lowest BCUT2D eigenvalue weighted by Crippen LogP contribution is -3.00. The van der Waals surface area contributed by atoms with Crippen LogP contribution in [-0.4, -0.2) is 26.3 Å². The zero-order valence-corrected chi connectivity index (χ0v) is 15.5. The number of carbonyl (C=O) groups is 1. The van der Waals surface area contributed by atoms with Gasteiger partial charge >= 0.3 is 11.6 Å². The van der Waals surface area contributed by atoms with Crippen molar-refractivity contribution in [2.45, 2.75) is 45.1 Å². The van der Waals surface area contributed by atoms with Gasteiger partial charge in [0, 0.05) is 19.2 Å². The van der Waals surface area contributed by atoms with Gasteiger partial charge in [0.05, 0.1) is 6.20 Å². The van der Waals surface area contributed by atoms with Gasteiger partial charge in [-0.1, -0.05) is 25.3 Å². The Morgan fingerprint density at radius 2 is 2.04 bits per heavy atom. The van der Waals surface area contributed by atoms with E-state index < -0.39 is 0 Å². The van der Waals surface area contributed by atoms with E-state index in [0.717, 1.165) is 35.7 Å². The second-order valence-electron chi connectivity index (χ2n) is 6.55. The summed E-state index contributed by atoms with van der Waals surface area (Å²) in [7, 11) is 0. The third-order valence-electron chi connectivity index (χ3n) is 4.82. The van der Waals surface area contributed by atoms with Crippen LogP contribution in [0.3, 0.4) is 0 Å². The van der Waals surface area contributed by atoms with E-state index in [4.69, 9.17) is 0 Å². The van der Waals surface area contributed by atoms with Crippen LogP contribution in [0.5, 0.6) is 0 Å². The molecule has 136 valence electrons. The lowest BCUT2D eigenvalue weighted by atomic mass is 9.95. The van der Waals surface area contributed by atoms with Crippen LogP contribution in [0.25, 0.3) is 17.0 Å². The van der Waals surface area contributed by atoms with Gasteiger partial charge in [-0.2, -0.15) is 8.97 Å². The Labute approximate surface area is 158 Å². The summed E-state index contributed by atoms with van der Waals surface area (Å²) in [5.41, 5.74) is 2.32. The molecule has 1 aliphatic carbocycles. The molecule has 0 unspecified atom stereocenters. The number of carbonyl (C=O) groups excluding carboxylic acids is 1. The largest absolute Gasteiger partial charge is 1.00 e. The molecule has 0 amide bonds. The standard InChI is InChI=1S/C19H22N5O.ClH/c1-14(25)24-17-13-20-11-12-23(17)19(22-15-7-3-2-4-8-15)18(24)16-9-5-6-10-21-16;/h5-6,9-13,15,22H,2-4,7-8H2,1H3;1H/q+1;/p-1. The van der Waals surface area contributed by atoms with Crippen molar-refractivity contribution >= 4 is 17.4 Å². The molecule has 26 heavy (non-hydrogen) atoms. The van der Waals surface area contributed by atoms with E-state index in [1.807, 2.05) is 28.8 Å². The summed E-state index contributed by atoms with van der Waals surface area (Å²) in [6.45, 7) is 1.57. The lowest BCUT2D eigenvalue weighted by molar-refractivity contribution is -0.532. The number of nitrogens with zero attached hydrogens (tertiary/aromatic N) is 4. The number of pyridine rings is 1. The highest BCUT2D eigenvalue weighted by Gasteiger charge is 2.32. The van der Waals surface area contributed by atoms with Gasteiger partial charge in [0.2, 0.25) is 5.69 Å². The molecule has 3 aromatic heterocycles. The minimum Gasteiger partial charge on any atom is -1.00 e. The monoisotopic (exact) mass is 371 g/mol. The molecule has 0 atom stereocenters. The van der Waals surface area contributed by atoms with Crippen LogP contribution in [0.15, 0.2) is 43.0 Å². The van der Waals surface area contributed by atoms with Crippen molar-refractivity contribution in [3.8, 4) is 11.4 Å². The Bertz CT molecular complexity index is 903. The first kappa shape index (κ1) is 18.3. The molecule has 3 aromatic rings. The summed E-state index contributed by atoms with van der Waals surface area (Å²) in [6.07, 6.45) is 13.2. The molecule has 0 saturated heterocycles. The number of imidazole rings is 1. The van der Waals surface area contributed by atoms with Crippen molar-refractivity contribution in [2.75, 3.05) is 5.32 Å². The fourth-order valence-electron chi connectivity index (χ4n) is 3.68. The number of nitrogens with one attached hydrogen (secondary N) is 1. The molecule has 3 heterocycles. The number of anilines is 1. The molecule has 0 aromatic carbocycles. The van der Waals surface area contributed by atoms with Crippen LogP contribution in [0.2, 0.25) is 0 Å². The first-order valence-corrected chi connectivity index (χ1v) is 8.84. The van der Waals surface area contributed by atoms with Crippen LogP contribution in [0, 0.1) is 0 Å². The second kappa shape index (κ2) is 7.83. The normalized spacial score (nSPS) is 14.8. The van der Waals surface area contributed by atoms with E-state index >= 15 is 0 Å². The topological polar surface area (TPSA) is 63.2 Å². The van der Waals surface area contributed by atoms with Gasteiger partial charge in [0.1, 0.15) is 18.1 Å². The lowest BCUT2D eigenvalue weighted by Gasteiger charge is -2.22. The van der Waals surface area contributed by atoms with Crippen LogP contribution in [0.1, 0.15) is 43.8 Å². The Morgan fingerprint density at radius 1 is 1.23 bits per heavy atom. The van der Waals surface area contributed by atoms with Crippen LogP contribution in [-0.2, 0) is 0 Å². The van der Waals surface area contributed by atoms with Crippen LogP contribution < -0.4 is 22.3 Å². The minimum atomic E-state index is -0.0529. The first-order chi connectivity index (χ1) is 12.3. The van der Waals surface area contributed by atoms with Gasteiger partial charge in [0.25, 0.3) is 5.82 Å². The van der Waals surface area contributed by atoms with E-state index in [9.17, 15) is 4.79 Å². The van der Waals surface area contributed by atoms with E-state index in [1.54, 1.807) is 30.1 Å². The van der Waals surface area contributed by atoms with E-state index in [0.29, 0.717) is 6.04 Å². The van der Waals surface area contributed by atoms with Crippen molar-refractivity contribution in [1.82, 2.24) is 14.4 Å². The van der Waals surface area contributed by atoms with E-state index in [2.05, 4.69) is 15.3 Å². The fourth-order valence-corrected chi connectivity index (χ4v) is 3.68. The highest BCUT2D eigenvalue weighted by molar-refractivity contribution is 5.77. The highest BCUT2D eigenvalue weighted by Crippen LogP contribution is 2.29. The van der Waals surface area contributed by atoms with Gasteiger partial charge in [0.15, 0.2) is 0 Å². The fraction of sp³-hybridized carbons (Fsp3) is 0.368. The maximum absolute atomic E-state index is 12.4. The number of hydrogen-bond acceptors (Lipinski definition) is 4. The number of aromatic nitrogens is 4. The summed E-state index contributed by atoms with van der Waals surface area (Å²) in [4.78, 5) is 21.1. The molecule has 6 nitrogen and oxygen atoms in total. The van der Waals surface area contributed by atoms with Crippen molar-refractivity contribution in [1.29, 1.82) is 0 Å². The van der Waals surface area contributed by atoms with Gasteiger partial charge in [-0.05, 0) is 25.0 Å². The molecule has 1 aliphatic rings. The van der Waals surface area contributed by atoms with Gasteiger partial charge in [-0.25, -0.2) is 4.79 Å². The van der Waals surface area contributed by atoms with Crippen molar-refractivity contribution < 1.29 is 21.8 Å². The molecule has 0 bridgehead atoms. The molecule has 0 aliphatic heterocycles. The molecule has 1 N–H and O–H groups in total. The minimum absolute atomic E-state index is 0. The van der Waals surface area contributed by atoms with Gasteiger partial charge in [-0.15, -0.1) is 0 Å². The van der Waals surface area contributed by atoms with Crippen LogP contribution >= 0.6 is 0 Å². The Kier molecular flexibility index (Phi) is 5.52. The maximum Gasteiger partial charge on any atom is 0.314 e. The first-order valence-electron chi connectivity index (χ1n) is 8.84. The third kappa shape index (κ3) is 3.29. The number of rotatable bonds is 3. The third-order valence-corrected chi connectivity index (χ3v) is 4.82. The predicted octanol–water partition coefficient (Wildman–Crippen LogP) is 0.0925. The van der Waals surface area contributed by atoms with Crippen molar-refractivity contribution in [3.05, 3.63) is 43.0 Å². The molecule has 0 radical (unpaired) electrons. The summed E-state index contributed by atoms with van der Waals surface area (Å²) in [6, 6.07) is 6.18. The van der Waals surface area contributed by atoms with E-state index in [1.165, 1.54) is 19.3 Å². The molecule has 4 rings (SSSR count). The molecule has 7 heteroatoms. The number of hydrogen-bond donors (Lipinski definition) is 1. The van der Waals surface area contributed by atoms with Gasteiger partial charge < -0.3 is 17.7 Å². The Hall–Kier alpha value is -2.47. The average Bonchev–Trinajstić information content (AvgIpc) is 2.98. The SMILES string of the molecule is CC(=O)[n+]1c(-c2ccccn2)c(NC2CCCCC2)n2ccncc21.[Cl-]. The van der Waals surface area contributed by atoms with Crippen molar-refractivity contribution in [2.24, 2.45) is 0 Å². The summed E-state index contributed by atoms with van der Waals surface area (Å²) in [5, 5.41) is 3.69. The summed E-state index contributed by atoms with van der Waals surface area (Å²) >= 11 is 0. The summed E-state index contributed by atoms with van der Waals surface area (Å²) in [5.74, 6) is 0.862. The Morgan fingerprint density at radius 3 is 2.73 bits per heavy atom. The van der Waals surface area contributed by atoms with Crippen molar-refractivity contribution in [3.63, 3.8) is 0 Å². The maximum atomic E-state index is 12.4. The molecule has 1 fully saturated rings. The molecule has 1 saturated carbocycles. The smallest absolute Gasteiger partial charge is 0.314 e. The molecular weight excluding hydrogens is 350 g/mol. The molecular formula is C19H22ClN5O. The number of fused-ring (bicyclic) bond motifs is 1. The van der Waals surface area contributed by atoms with Gasteiger partial charge in [-0.3, -0.25) is 9.97 Å².